The fraction of sp³-hybridized carbons (Fsp3) is 0.0714. The van der Waals surface area contributed by atoms with Crippen LogP contribution in [0.4, 0.5) is 11.4 Å². The lowest BCUT2D eigenvalue weighted by atomic mass is 10.1. The first-order valence-corrected chi connectivity index (χ1v) is 5.86. The van der Waals surface area contributed by atoms with Crippen LogP contribution in [0.1, 0.15) is 15.9 Å². The molecule has 3 N–H and O–H groups in total. The molecular weight excluding hydrogens is 248 g/mol. The number of anilines is 2. The van der Waals surface area contributed by atoms with Crippen molar-refractivity contribution in [2.75, 3.05) is 11.1 Å². The molecule has 0 spiro atoms. The standard InChI is InChI=1S/C14H13ClN2O/c1-9-3-2-4-10(5-9)14(18)17-13-7-11(15)6-12(16)8-13/h2-8H,16H2,1H3,(H,17,18). The molecule has 3 nitrogen and oxygen atoms in total. The van der Waals surface area contributed by atoms with Gasteiger partial charge in [0.25, 0.3) is 5.91 Å². The molecule has 0 saturated carbocycles. The Labute approximate surface area is 111 Å². The van der Waals surface area contributed by atoms with Crippen molar-refractivity contribution in [3.8, 4) is 0 Å². The fourth-order valence-corrected chi connectivity index (χ4v) is 1.92. The molecule has 1 amide bonds. The Morgan fingerprint density at radius 3 is 2.67 bits per heavy atom. The summed E-state index contributed by atoms with van der Waals surface area (Å²) in [4.78, 5) is 12.0. The van der Waals surface area contributed by atoms with Gasteiger partial charge in [-0.1, -0.05) is 29.3 Å². The summed E-state index contributed by atoms with van der Waals surface area (Å²) < 4.78 is 0. The highest BCUT2D eigenvalue weighted by molar-refractivity contribution is 6.31. The maximum absolute atomic E-state index is 12.0. The van der Waals surface area contributed by atoms with Crippen molar-refractivity contribution in [1.29, 1.82) is 0 Å². The average molecular weight is 261 g/mol. The quantitative estimate of drug-likeness (QED) is 0.812. The van der Waals surface area contributed by atoms with Gasteiger partial charge in [0.15, 0.2) is 0 Å². The Bertz CT molecular complexity index is 576. The van der Waals surface area contributed by atoms with Crippen LogP contribution in [0.2, 0.25) is 5.02 Å². The summed E-state index contributed by atoms with van der Waals surface area (Å²) >= 11 is 5.87. The summed E-state index contributed by atoms with van der Waals surface area (Å²) in [6.07, 6.45) is 0. The lowest BCUT2D eigenvalue weighted by Gasteiger charge is -2.07. The molecule has 0 bridgehead atoms. The smallest absolute Gasteiger partial charge is 0.255 e. The van der Waals surface area contributed by atoms with Gasteiger partial charge < -0.3 is 11.1 Å². The monoisotopic (exact) mass is 260 g/mol. The number of rotatable bonds is 2. The molecule has 2 aromatic rings. The van der Waals surface area contributed by atoms with Crippen molar-refractivity contribution in [2.45, 2.75) is 6.92 Å². The van der Waals surface area contributed by atoms with E-state index < -0.39 is 0 Å². The van der Waals surface area contributed by atoms with Crippen LogP contribution in [-0.2, 0) is 0 Å². The van der Waals surface area contributed by atoms with E-state index in [0.29, 0.717) is 22.0 Å². The van der Waals surface area contributed by atoms with Crippen LogP contribution in [0.25, 0.3) is 0 Å². The summed E-state index contributed by atoms with van der Waals surface area (Å²) in [5.41, 5.74) is 8.41. The normalized spacial score (nSPS) is 10.1. The summed E-state index contributed by atoms with van der Waals surface area (Å²) in [6.45, 7) is 1.94. The molecule has 92 valence electrons. The van der Waals surface area contributed by atoms with E-state index in [4.69, 9.17) is 17.3 Å². The van der Waals surface area contributed by atoms with E-state index in [0.717, 1.165) is 5.56 Å². The third-order valence-corrected chi connectivity index (χ3v) is 2.68. The van der Waals surface area contributed by atoms with Gasteiger partial charge in [-0.15, -0.1) is 0 Å². The number of aryl methyl sites for hydroxylation is 1. The molecule has 2 aromatic carbocycles. The molecule has 0 saturated heterocycles. The third-order valence-electron chi connectivity index (χ3n) is 2.46. The highest BCUT2D eigenvalue weighted by Crippen LogP contribution is 2.21. The molecule has 4 heteroatoms. The minimum atomic E-state index is -0.180. The lowest BCUT2D eigenvalue weighted by Crippen LogP contribution is -2.12. The summed E-state index contributed by atoms with van der Waals surface area (Å²) in [7, 11) is 0. The number of halogens is 1. The minimum Gasteiger partial charge on any atom is -0.399 e. The van der Waals surface area contributed by atoms with E-state index in [1.807, 2.05) is 25.1 Å². The van der Waals surface area contributed by atoms with Gasteiger partial charge >= 0.3 is 0 Å². The van der Waals surface area contributed by atoms with Gasteiger partial charge in [-0.2, -0.15) is 0 Å². The molecule has 0 heterocycles. The van der Waals surface area contributed by atoms with E-state index >= 15 is 0 Å². The molecule has 0 aliphatic carbocycles. The largest absolute Gasteiger partial charge is 0.399 e. The SMILES string of the molecule is Cc1cccc(C(=O)Nc2cc(N)cc(Cl)c2)c1. The van der Waals surface area contributed by atoms with Crippen molar-refractivity contribution < 1.29 is 4.79 Å². The molecule has 0 radical (unpaired) electrons. The predicted octanol–water partition coefficient (Wildman–Crippen LogP) is 3.48. The molecule has 18 heavy (non-hydrogen) atoms. The van der Waals surface area contributed by atoms with Crippen molar-refractivity contribution in [1.82, 2.24) is 0 Å². The zero-order valence-electron chi connectivity index (χ0n) is 9.91. The number of carbonyl (C=O) groups excluding carboxylic acids is 1. The molecule has 2 rings (SSSR count). The molecular formula is C14H13ClN2O. The van der Waals surface area contributed by atoms with Crippen molar-refractivity contribution in [3.63, 3.8) is 0 Å². The molecule has 0 aromatic heterocycles. The Kier molecular flexibility index (Phi) is 3.53. The second-order valence-corrected chi connectivity index (χ2v) is 4.53. The van der Waals surface area contributed by atoms with E-state index in [1.165, 1.54) is 0 Å². The second kappa shape index (κ2) is 5.10. The van der Waals surface area contributed by atoms with Gasteiger partial charge in [0.05, 0.1) is 0 Å². The van der Waals surface area contributed by atoms with Gasteiger partial charge in [0.1, 0.15) is 0 Å². The van der Waals surface area contributed by atoms with E-state index in [1.54, 1.807) is 24.3 Å². The first-order chi connectivity index (χ1) is 8.54. The van der Waals surface area contributed by atoms with Gasteiger partial charge in [-0.25, -0.2) is 0 Å². The topological polar surface area (TPSA) is 55.1 Å². The summed E-state index contributed by atoms with van der Waals surface area (Å²) in [5, 5.41) is 3.26. The number of carbonyl (C=O) groups is 1. The zero-order valence-corrected chi connectivity index (χ0v) is 10.7. The number of hydrogen-bond acceptors (Lipinski definition) is 2. The van der Waals surface area contributed by atoms with E-state index in [9.17, 15) is 4.79 Å². The molecule has 0 fully saturated rings. The predicted molar refractivity (Wildman–Crippen MR) is 75.0 cm³/mol. The molecule has 0 aliphatic heterocycles. The van der Waals surface area contributed by atoms with Crippen LogP contribution in [-0.4, -0.2) is 5.91 Å². The second-order valence-electron chi connectivity index (χ2n) is 4.10. The number of nitrogens with two attached hydrogens (primary N) is 1. The van der Waals surface area contributed by atoms with Crippen LogP contribution in [0.5, 0.6) is 0 Å². The highest BCUT2D eigenvalue weighted by Gasteiger charge is 2.06. The van der Waals surface area contributed by atoms with Gasteiger partial charge in [0, 0.05) is 22.0 Å². The van der Waals surface area contributed by atoms with Crippen LogP contribution in [0, 0.1) is 6.92 Å². The van der Waals surface area contributed by atoms with Crippen molar-refractivity contribution in [3.05, 3.63) is 58.6 Å². The van der Waals surface area contributed by atoms with Crippen LogP contribution >= 0.6 is 11.6 Å². The molecule has 0 atom stereocenters. The van der Waals surface area contributed by atoms with Gasteiger partial charge in [0.2, 0.25) is 0 Å². The van der Waals surface area contributed by atoms with Crippen molar-refractivity contribution >= 4 is 28.9 Å². The van der Waals surface area contributed by atoms with Gasteiger partial charge in [-0.05, 0) is 37.3 Å². The first kappa shape index (κ1) is 12.5. The zero-order chi connectivity index (χ0) is 13.1. The van der Waals surface area contributed by atoms with Gasteiger partial charge in [-0.3, -0.25) is 4.79 Å². The number of nitrogens with one attached hydrogen (secondary N) is 1. The maximum Gasteiger partial charge on any atom is 0.255 e. The number of nitrogen functional groups attached to an aromatic ring is 1. The van der Waals surface area contributed by atoms with Crippen LogP contribution < -0.4 is 11.1 Å². The number of hydrogen-bond donors (Lipinski definition) is 2. The maximum atomic E-state index is 12.0. The van der Waals surface area contributed by atoms with E-state index in [-0.39, 0.29) is 5.91 Å². The minimum absolute atomic E-state index is 0.180. The number of benzene rings is 2. The van der Waals surface area contributed by atoms with Crippen LogP contribution in [0.3, 0.4) is 0 Å². The summed E-state index contributed by atoms with van der Waals surface area (Å²) in [6, 6.07) is 12.3. The summed E-state index contributed by atoms with van der Waals surface area (Å²) in [5.74, 6) is -0.180. The molecule has 0 aliphatic rings. The Balaban J connectivity index is 2.21. The van der Waals surface area contributed by atoms with E-state index in [2.05, 4.69) is 5.32 Å². The Morgan fingerprint density at radius 1 is 1.22 bits per heavy atom. The van der Waals surface area contributed by atoms with Crippen LogP contribution in [0.15, 0.2) is 42.5 Å². The highest BCUT2D eigenvalue weighted by atomic mass is 35.5. The Morgan fingerprint density at radius 2 is 2.00 bits per heavy atom. The first-order valence-electron chi connectivity index (χ1n) is 5.49. The fourth-order valence-electron chi connectivity index (χ4n) is 1.67. The Hall–Kier alpha value is -2.00. The average Bonchev–Trinajstić information content (AvgIpc) is 2.27. The number of amides is 1. The van der Waals surface area contributed by atoms with Crippen molar-refractivity contribution in [2.24, 2.45) is 0 Å². The lowest BCUT2D eigenvalue weighted by molar-refractivity contribution is 0.102. The third kappa shape index (κ3) is 3.02. The molecule has 0 unspecified atom stereocenters.